The van der Waals surface area contributed by atoms with Crippen molar-refractivity contribution < 1.29 is 14.3 Å². The zero-order valence-electron chi connectivity index (χ0n) is 11.3. The number of hydrogen-bond acceptors (Lipinski definition) is 4. The van der Waals surface area contributed by atoms with Crippen LogP contribution in [-0.2, 0) is 9.59 Å². The van der Waals surface area contributed by atoms with E-state index in [0.29, 0.717) is 11.3 Å². The predicted molar refractivity (Wildman–Crippen MR) is 75.9 cm³/mol. The lowest BCUT2D eigenvalue weighted by atomic mass is 10.1. The highest BCUT2D eigenvalue weighted by Crippen LogP contribution is 2.20. The van der Waals surface area contributed by atoms with Gasteiger partial charge in [0.2, 0.25) is 0 Å². The molecule has 6 heteroatoms. The molecular weight excluding hydrogens is 270 g/mol. The van der Waals surface area contributed by atoms with E-state index < -0.39 is 5.91 Å². The van der Waals surface area contributed by atoms with Gasteiger partial charge in [0.25, 0.3) is 11.8 Å². The van der Waals surface area contributed by atoms with Crippen LogP contribution in [0, 0.1) is 11.3 Å². The Morgan fingerprint density at radius 3 is 2.57 bits per heavy atom. The largest absolute Gasteiger partial charge is 0.484 e. The Balaban J connectivity index is 2.02. The second-order valence-electron chi connectivity index (χ2n) is 4.74. The van der Waals surface area contributed by atoms with Crippen molar-refractivity contribution in [2.75, 3.05) is 6.61 Å². The second-order valence-corrected chi connectivity index (χ2v) is 4.74. The van der Waals surface area contributed by atoms with Crippen molar-refractivity contribution in [3.63, 3.8) is 0 Å². The number of primary amides is 1. The summed E-state index contributed by atoms with van der Waals surface area (Å²) >= 11 is 0. The zero-order valence-corrected chi connectivity index (χ0v) is 11.3. The third-order valence-electron chi connectivity index (χ3n) is 2.85. The molecule has 108 valence electrons. The molecule has 2 amide bonds. The third kappa shape index (κ3) is 4.66. The van der Waals surface area contributed by atoms with E-state index in [9.17, 15) is 9.59 Å². The molecule has 0 saturated heterocycles. The molecule has 0 aromatic heterocycles. The molecule has 21 heavy (non-hydrogen) atoms. The van der Waals surface area contributed by atoms with Gasteiger partial charge >= 0.3 is 0 Å². The molecule has 0 radical (unpaired) electrons. The molecule has 0 bridgehead atoms. The molecule has 1 saturated carbocycles. The molecule has 1 fully saturated rings. The van der Waals surface area contributed by atoms with Crippen LogP contribution in [0.2, 0.25) is 0 Å². The normalized spacial score (nSPS) is 14.1. The molecule has 2 rings (SSSR count). The van der Waals surface area contributed by atoms with Gasteiger partial charge in [-0.15, -0.1) is 0 Å². The minimum Gasteiger partial charge on any atom is -0.484 e. The maximum atomic E-state index is 11.8. The predicted octanol–water partition coefficient (Wildman–Crippen LogP) is 0.736. The van der Waals surface area contributed by atoms with Crippen molar-refractivity contribution >= 4 is 17.9 Å². The van der Waals surface area contributed by atoms with Gasteiger partial charge in [-0.05, 0) is 36.6 Å². The van der Waals surface area contributed by atoms with Gasteiger partial charge in [-0.3, -0.25) is 9.59 Å². The second kappa shape index (κ2) is 6.57. The highest BCUT2D eigenvalue weighted by atomic mass is 16.5. The monoisotopic (exact) mass is 285 g/mol. The van der Waals surface area contributed by atoms with Crippen LogP contribution in [0.5, 0.6) is 5.75 Å². The molecular formula is C15H15N3O3. The number of nitrogens with two attached hydrogens (primary N) is 1. The molecule has 1 aromatic carbocycles. The van der Waals surface area contributed by atoms with Gasteiger partial charge in [-0.2, -0.15) is 5.26 Å². The highest BCUT2D eigenvalue weighted by molar-refractivity contribution is 6.01. The van der Waals surface area contributed by atoms with E-state index in [2.05, 4.69) is 5.32 Å². The maximum absolute atomic E-state index is 11.8. The SMILES string of the molecule is N#C/C(=C\c1ccc(OCC(N)=O)cc1)C(=O)NC1CC1. The number of benzene rings is 1. The lowest BCUT2D eigenvalue weighted by molar-refractivity contribution is -0.120. The van der Waals surface area contributed by atoms with Crippen molar-refractivity contribution in [3.8, 4) is 11.8 Å². The van der Waals surface area contributed by atoms with Crippen LogP contribution in [0.25, 0.3) is 6.08 Å². The van der Waals surface area contributed by atoms with Crippen molar-refractivity contribution in [2.45, 2.75) is 18.9 Å². The summed E-state index contributed by atoms with van der Waals surface area (Å²) in [5.74, 6) is -0.413. The molecule has 0 aliphatic heterocycles. The Kier molecular flexibility index (Phi) is 4.57. The first kappa shape index (κ1) is 14.6. The standard InChI is InChI=1S/C15H15N3O3/c16-8-11(15(20)18-12-3-4-12)7-10-1-5-13(6-2-10)21-9-14(17)19/h1-2,5-7,12H,3-4,9H2,(H2,17,19)(H,18,20)/b11-7+. The summed E-state index contributed by atoms with van der Waals surface area (Å²) in [6.07, 6.45) is 3.45. The van der Waals surface area contributed by atoms with E-state index in [1.165, 1.54) is 6.08 Å². The Morgan fingerprint density at radius 2 is 2.05 bits per heavy atom. The van der Waals surface area contributed by atoms with Crippen molar-refractivity contribution in [1.82, 2.24) is 5.32 Å². The minimum atomic E-state index is -0.553. The molecule has 0 spiro atoms. The molecule has 1 aromatic rings. The van der Waals surface area contributed by atoms with E-state index in [4.69, 9.17) is 15.7 Å². The van der Waals surface area contributed by atoms with Crippen LogP contribution in [0.15, 0.2) is 29.8 Å². The van der Waals surface area contributed by atoms with Crippen LogP contribution >= 0.6 is 0 Å². The fourth-order valence-corrected chi connectivity index (χ4v) is 1.62. The van der Waals surface area contributed by atoms with E-state index in [1.807, 2.05) is 6.07 Å². The van der Waals surface area contributed by atoms with Gasteiger partial charge < -0.3 is 15.8 Å². The lowest BCUT2D eigenvalue weighted by Gasteiger charge is -2.04. The molecule has 1 aliphatic rings. The fourth-order valence-electron chi connectivity index (χ4n) is 1.62. The zero-order chi connectivity index (χ0) is 15.2. The fraction of sp³-hybridized carbons (Fsp3) is 0.267. The number of rotatable bonds is 6. The van der Waals surface area contributed by atoms with Crippen molar-refractivity contribution in [3.05, 3.63) is 35.4 Å². The minimum absolute atomic E-state index is 0.0627. The number of nitrogens with one attached hydrogen (secondary N) is 1. The Labute approximate surface area is 122 Å². The van der Waals surface area contributed by atoms with E-state index >= 15 is 0 Å². The van der Waals surface area contributed by atoms with Gasteiger partial charge in [0.15, 0.2) is 6.61 Å². The number of carbonyl (C=O) groups excluding carboxylic acids is 2. The smallest absolute Gasteiger partial charge is 0.262 e. The van der Waals surface area contributed by atoms with Gasteiger partial charge in [0.1, 0.15) is 17.4 Å². The summed E-state index contributed by atoms with van der Waals surface area (Å²) in [5.41, 5.74) is 5.74. The number of carbonyl (C=O) groups is 2. The topological polar surface area (TPSA) is 105 Å². The van der Waals surface area contributed by atoms with Crippen LogP contribution in [0.4, 0.5) is 0 Å². The van der Waals surface area contributed by atoms with Crippen LogP contribution in [0.3, 0.4) is 0 Å². The van der Waals surface area contributed by atoms with Crippen LogP contribution in [0.1, 0.15) is 18.4 Å². The average molecular weight is 285 g/mol. The molecule has 6 nitrogen and oxygen atoms in total. The number of nitriles is 1. The molecule has 0 heterocycles. The lowest BCUT2D eigenvalue weighted by Crippen LogP contribution is -2.26. The summed E-state index contributed by atoms with van der Waals surface area (Å²) < 4.78 is 5.12. The Hall–Kier alpha value is -2.81. The van der Waals surface area contributed by atoms with Crippen LogP contribution in [-0.4, -0.2) is 24.5 Å². The first-order valence-corrected chi connectivity index (χ1v) is 6.52. The average Bonchev–Trinajstić information content (AvgIpc) is 3.27. The summed E-state index contributed by atoms with van der Waals surface area (Å²) in [5, 5.41) is 11.8. The Bertz CT molecular complexity index is 610. The third-order valence-corrected chi connectivity index (χ3v) is 2.85. The Morgan fingerprint density at radius 1 is 1.38 bits per heavy atom. The maximum Gasteiger partial charge on any atom is 0.262 e. The quantitative estimate of drug-likeness (QED) is 0.594. The van der Waals surface area contributed by atoms with Gasteiger partial charge in [-0.1, -0.05) is 12.1 Å². The van der Waals surface area contributed by atoms with Crippen LogP contribution < -0.4 is 15.8 Å². The number of ether oxygens (including phenoxy) is 1. The van der Waals surface area contributed by atoms with E-state index in [0.717, 1.165) is 12.8 Å². The molecule has 1 aliphatic carbocycles. The molecule has 3 N–H and O–H groups in total. The van der Waals surface area contributed by atoms with E-state index in [1.54, 1.807) is 24.3 Å². The summed E-state index contributed by atoms with van der Waals surface area (Å²) in [6.45, 7) is -0.192. The van der Waals surface area contributed by atoms with Gasteiger partial charge in [0, 0.05) is 6.04 Å². The van der Waals surface area contributed by atoms with Gasteiger partial charge in [-0.25, -0.2) is 0 Å². The molecule has 0 unspecified atom stereocenters. The van der Waals surface area contributed by atoms with Gasteiger partial charge in [0.05, 0.1) is 0 Å². The first-order valence-electron chi connectivity index (χ1n) is 6.52. The number of amides is 2. The number of hydrogen-bond donors (Lipinski definition) is 2. The molecule has 0 atom stereocenters. The van der Waals surface area contributed by atoms with Crippen molar-refractivity contribution in [1.29, 1.82) is 5.26 Å². The summed E-state index contributed by atoms with van der Waals surface area (Å²) in [7, 11) is 0. The highest BCUT2D eigenvalue weighted by Gasteiger charge is 2.24. The summed E-state index contributed by atoms with van der Waals surface area (Å²) in [6, 6.07) is 8.77. The number of nitrogens with zero attached hydrogens (tertiary/aromatic N) is 1. The van der Waals surface area contributed by atoms with E-state index in [-0.39, 0.29) is 24.1 Å². The first-order chi connectivity index (χ1) is 10.1. The van der Waals surface area contributed by atoms with Crippen molar-refractivity contribution in [2.24, 2.45) is 5.73 Å². The summed E-state index contributed by atoms with van der Waals surface area (Å²) in [4.78, 5) is 22.4.